The molecule has 16 heavy (non-hydrogen) atoms. The van der Waals surface area contributed by atoms with Crippen LogP contribution in [0.1, 0.15) is 6.92 Å². The molecule has 0 fully saturated rings. The Labute approximate surface area is 88.9 Å². The maximum absolute atomic E-state index is 13.8. The fraction of sp³-hybridized carbons (Fsp3) is 0.100. The summed E-state index contributed by atoms with van der Waals surface area (Å²) in [7, 11) is 0. The van der Waals surface area contributed by atoms with Crippen molar-refractivity contribution >= 4 is 16.9 Å². The normalized spacial score (nSPS) is 10.4. The van der Waals surface area contributed by atoms with Gasteiger partial charge in [0.15, 0.2) is 11.6 Å². The highest BCUT2D eigenvalue weighted by molar-refractivity contribution is 5.81. The Kier molecular flexibility index (Phi) is 2.40. The molecule has 0 saturated carbocycles. The number of hydrogen-bond donors (Lipinski definition) is 1. The van der Waals surface area contributed by atoms with Gasteiger partial charge in [0, 0.05) is 6.92 Å². The van der Waals surface area contributed by atoms with Crippen LogP contribution in [-0.4, -0.2) is 15.9 Å². The maximum atomic E-state index is 13.8. The highest BCUT2D eigenvalue weighted by Gasteiger charge is 2.13. The number of aromatic nitrogens is 2. The van der Waals surface area contributed by atoms with Crippen LogP contribution in [0, 0.1) is 5.82 Å². The molecule has 1 aromatic carbocycles. The minimum absolute atomic E-state index is 0.206. The van der Waals surface area contributed by atoms with E-state index in [0.29, 0.717) is 0 Å². The third-order valence-electron chi connectivity index (χ3n) is 1.96. The van der Waals surface area contributed by atoms with Gasteiger partial charge in [-0.3, -0.25) is 9.59 Å². The van der Waals surface area contributed by atoms with Gasteiger partial charge >= 0.3 is 5.97 Å². The van der Waals surface area contributed by atoms with Crippen LogP contribution in [0.2, 0.25) is 0 Å². The number of fused-ring (bicyclic) bond motifs is 1. The molecule has 0 spiro atoms. The summed E-state index contributed by atoms with van der Waals surface area (Å²) in [5.74, 6) is -1.82. The number of aromatic amines is 1. The van der Waals surface area contributed by atoms with Gasteiger partial charge in [0.05, 0.1) is 11.8 Å². The Balaban J connectivity index is 2.73. The number of rotatable bonds is 1. The van der Waals surface area contributed by atoms with Gasteiger partial charge in [-0.1, -0.05) is 0 Å². The highest BCUT2D eigenvalue weighted by atomic mass is 19.1. The van der Waals surface area contributed by atoms with Gasteiger partial charge in [-0.05, 0) is 12.1 Å². The fourth-order valence-electron chi connectivity index (χ4n) is 1.34. The summed E-state index contributed by atoms with van der Waals surface area (Å²) in [6.07, 6.45) is 1.18. The summed E-state index contributed by atoms with van der Waals surface area (Å²) < 4.78 is 18.4. The number of benzene rings is 1. The number of nitrogens with one attached hydrogen (secondary N) is 1. The molecule has 82 valence electrons. The van der Waals surface area contributed by atoms with Crippen molar-refractivity contribution in [2.24, 2.45) is 0 Å². The van der Waals surface area contributed by atoms with E-state index in [9.17, 15) is 14.0 Å². The van der Waals surface area contributed by atoms with E-state index in [4.69, 9.17) is 0 Å². The summed E-state index contributed by atoms with van der Waals surface area (Å²) >= 11 is 0. The molecule has 1 N–H and O–H groups in total. The predicted molar refractivity (Wildman–Crippen MR) is 53.6 cm³/mol. The van der Waals surface area contributed by atoms with Crippen LogP contribution in [0.3, 0.4) is 0 Å². The van der Waals surface area contributed by atoms with E-state index in [1.54, 1.807) is 0 Å². The number of nitrogens with zero attached hydrogens (tertiary/aromatic N) is 1. The lowest BCUT2D eigenvalue weighted by Crippen LogP contribution is -2.10. The summed E-state index contributed by atoms with van der Waals surface area (Å²) in [6, 6.07) is 2.66. The maximum Gasteiger partial charge on any atom is 0.308 e. The Morgan fingerprint density at radius 3 is 2.94 bits per heavy atom. The molecule has 0 amide bonds. The van der Waals surface area contributed by atoms with Crippen LogP contribution in [0.5, 0.6) is 5.75 Å². The van der Waals surface area contributed by atoms with Crippen molar-refractivity contribution in [2.45, 2.75) is 6.92 Å². The quantitative estimate of drug-likeness (QED) is 0.576. The molecular weight excluding hydrogens is 215 g/mol. The third-order valence-corrected chi connectivity index (χ3v) is 1.96. The number of carbonyl (C=O) groups excluding carboxylic acids is 1. The van der Waals surface area contributed by atoms with Crippen molar-refractivity contribution in [3.05, 3.63) is 34.6 Å². The van der Waals surface area contributed by atoms with Gasteiger partial charge in [-0.25, -0.2) is 9.37 Å². The van der Waals surface area contributed by atoms with Gasteiger partial charge in [-0.2, -0.15) is 0 Å². The fourth-order valence-corrected chi connectivity index (χ4v) is 1.34. The van der Waals surface area contributed by atoms with E-state index in [0.717, 1.165) is 6.92 Å². The molecule has 0 atom stereocenters. The van der Waals surface area contributed by atoms with Crippen LogP contribution in [0.4, 0.5) is 4.39 Å². The SMILES string of the molecule is CC(=O)Oc1ccc2nc[nH]c(=O)c2c1F. The smallest absolute Gasteiger partial charge is 0.308 e. The zero-order valence-electron chi connectivity index (χ0n) is 8.28. The van der Waals surface area contributed by atoms with Crippen LogP contribution in [0.25, 0.3) is 10.9 Å². The van der Waals surface area contributed by atoms with Crippen molar-refractivity contribution in [2.75, 3.05) is 0 Å². The van der Waals surface area contributed by atoms with Crippen molar-refractivity contribution in [3.8, 4) is 5.75 Å². The number of hydrogen-bond acceptors (Lipinski definition) is 4. The van der Waals surface area contributed by atoms with Crippen LogP contribution >= 0.6 is 0 Å². The van der Waals surface area contributed by atoms with Crippen molar-refractivity contribution < 1.29 is 13.9 Å². The molecule has 0 unspecified atom stereocenters. The number of carbonyl (C=O) groups is 1. The zero-order valence-corrected chi connectivity index (χ0v) is 8.28. The summed E-state index contributed by atoms with van der Waals surface area (Å²) in [5.41, 5.74) is -0.409. The topological polar surface area (TPSA) is 72.0 Å². The van der Waals surface area contributed by atoms with Crippen molar-refractivity contribution in [3.63, 3.8) is 0 Å². The number of ether oxygens (including phenoxy) is 1. The second-order valence-corrected chi connectivity index (χ2v) is 3.10. The Bertz CT molecular complexity index is 621. The minimum atomic E-state index is -0.887. The molecule has 0 aliphatic rings. The van der Waals surface area contributed by atoms with Crippen LogP contribution in [-0.2, 0) is 4.79 Å². The predicted octanol–water partition coefficient (Wildman–Crippen LogP) is 0.988. The first-order valence-corrected chi connectivity index (χ1v) is 4.44. The first kappa shape index (κ1) is 10.3. The Morgan fingerprint density at radius 2 is 2.25 bits per heavy atom. The van der Waals surface area contributed by atoms with Gasteiger partial charge in [-0.15, -0.1) is 0 Å². The van der Waals surface area contributed by atoms with Gasteiger partial charge in [0.1, 0.15) is 5.39 Å². The Hall–Kier alpha value is -2.24. The molecule has 1 heterocycles. The molecule has 2 aromatic rings. The van der Waals surface area contributed by atoms with E-state index < -0.39 is 17.3 Å². The second kappa shape index (κ2) is 3.73. The first-order valence-electron chi connectivity index (χ1n) is 4.44. The Morgan fingerprint density at radius 1 is 1.50 bits per heavy atom. The highest BCUT2D eigenvalue weighted by Crippen LogP contribution is 2.22. The average Bonchev–Trinajstić information content (AvgIpc) is 2.22. The molecule has 0 aliphatic heterocycles. The van der Waals surface area contributed by atoms with Gasteiger partial charge < -0.3 is 9.72 Å². The van der Waals surface area contributed by atoms with E-state index >= 15 is 0 Å². The van der Waals surface area contributed by atoms with E-state index in [-0.39, 0.29) is 16.7 Å². The molecular formula is C10H7FN2O3. The lowest BCUT2D eigenvalue weighted by molar-refractivity contribution is -0.132. The average molecular weight is 222 g/mol. The summed E-state index contributed by atoms with van der Waals surface area (Å²) in [4.78, 5) is 28.1. The summed E-state index contributed by atoms with van der Waals surface area (Å²) in [5, 5.41) is -0.221. The van der Waals surface area contributed by atoms with Crippen molar-refractivity contribution in [1.82, 2.24) is 9.97 Å². The van der Waals surface area contributed by atoms with E-state index in [1.807, 2.05) is 0 Å². The van der Waals surface area contributed by atoms with Crippen LogP contribution < -0.4 is 10.3 Å². The summed E-state index contributed by atoms with van der Waals surface area (Å²) in [6.45, 7) is 1.15. The van der Waals surface area contributed by atoms with Gasteiger partial charge in [0.25, 0.3) is 5.56 Å². The molecule has 2 rings (SSSR count). The molecule has 0 bridgehead atoms. The molecule has 5 nitrogen and oxygen atoms in total. The van der Waals surface area contributed by atoms with Crippen LogP contribution in [0.15, 0.2) is 23.3 Å². The van der Waals surface area contributed by atoms with Crippen molar-refractivity contribution in [1.29, 1.82) is 0 Å². The standard InChI is InChI=1S/C10H7FN2O3/c1-5(14)16-7-3-2-6-8(9(7)11)10(15)13-4-12-6/h2-4H,1H3,(H,12,13,15). The van der Waals surface area contributed by atoms with E-state index in [1.165, 1.54) is 18.5 Å². The molecule has 6 heteroatoms. The minimum Gasteiger partial charge on any atom is -0.424 e. The van der Waals surface area contributed by atoms with Gasteiger partial charge in [0.2, 0.25) is 0 Å². The molecule has 0 aliphatic carbocycles. The molecule has 1 aromatic heterocycles. The largest absolute Gasteiger partial charge is 0.424 e. The number of halogens is 1. The first-order chi connectivity index (χ1) is 7.59. The lowest BCUT2D eigenvalue weighted by Gasteiger charge is -2.04. The molecule has 0 radical (unpaired) electrons. The monoisotopic (exact) mass is 222 g/mol. The third kappa shape index (κ3) is 1.65. The van der Waals surface area contributed by atoms with E-state index in [2.05, 4.69) is 14.7 Å². The lowest BCUT2D eigenvalue weighted by atomic mass is 10.2. The number of H-pyrrole nitrogens is 1. The number of esters is 1. The zero-order chi connectivity index (χ0) is 11.7. The second-order valence-electron chi connectivity index (χ2n) is 3.10. The molecule has 0 saturated heterocycles.